The van der Waals surface area contributed by atoms with Crippen molar-refractivity contribution in [3.8, 4) is 0 Å². The van der Waals surface area contributed by atoms with Gasteiger partial charge in [0.1, 0.15) is 5.60 Å². The smallest absolute Gasteiger partial charge is 0.306 e. The Bertz CT molecular complexity index is 195. The number of aliphatic carboxylic acids is 1. The summed E-state index contributed by atoms with van der Waals surface area (Å²) in [7, 11) is 0. The van der Waals surface area contributed by atoms with E-state index in [1.165, 1.54) is 0 Å². The summed E-state index contributed by atoms with van der Waals surface area (Å²) in [6, 6.07) is 0. The second-order valence-corrected chi connectivity index (χ2v) is 3.62. The van der Waals surface area contributed by atoms with Crippen molar-refractivity contribution in [1.29, 1.82) is 0 Å². The highest BCUT2D eigenvalue weighted by Gasteiger charge is 2.46. The van der Waals surface area contributed by atoms with Crippen LogP contribution in [0.1, 0.15) is 25.7 Å². The zero-order chi connectivity index (χ0) is 8.60. The van der Waals surface area contributed by atoms with Crippen LogP contribution in [0.2, 0.25) is 0 Å². The van der Waals surface area contributed by atoms with Crippen molar-refractivity contribution < 1.29 is 19.7 Å². The van der Waals surface area contributed by atoms with E-state index >= 15 is 0 Å². The average Bonchev–Trinajstić information content (AvgIpc) is 2.62. The van der Waals surface area contributed by atoms with Gasteiger partial charge in [0.05, 0.1) is 12.5 Å². The molecule has 1 heterocycles. The predicted octanol–water partition coefficient (Wildman–Crippen LogP) is 0.962. The van der Waals surface area contributed by atoms with Crippen molar-refractivity contribution in [3.05, 3.63) is 0 Å². The van der Waals surface area contributed by atoms with Gasteiger partial charge < -0.3 is 5.11 Å². The van der Waals surface area contributed by atoms with Crippen LogP contribution in [0.25, 0.3) is 0 Å². The third-order valence-corrected chi connectivity index (χ3v) is 2.79. The van der Waals surface area contributed by atoms with Crippen LogP contribution in [0.5, 0.6) is 0 Å². The van der Waals surface area contributed by atoms with E-state index in [-0.39, 0.29) is 11.5 Å². The number of carboxylic acids is 1. The molecule has 12 heavy (non-hydrogen) atoms. The van der Waals surface area contributed by atoms with E-state index in [1.54, 1.807) is 0 Å². The van der Waals surface area contributed by atoms with Gasteiger partial charge in [-0.15, -0.1) is 0 Å². The van der Waals surface area contributed by atoms with Gasteiger partial charge in [-0.05, 0) is 19.3 Å². The predicted molar refractivity (Wildman–Crippen MR) is 39.4 cm³/mol. The van der Waals surface area contributed by atoms with Gasteiger partial charge in [0, 0.05) is 6.42 Å². The minimum Gasteiger partial charge on any atom is -0.481 e. The van der Waals surface area contributed by atoms with E-state index in [2.05, 4.69) is 0 Å². The van der Waals surface area contributed by atoms with E-state index in [9.17, 15) is 4.79 Å². The van der Waals surface area contributed by atoms with Crippen LogP contribution in [0.15, 0.2) is 0 Å². The first kappa shape index (κ1) is 8.01. The lowest BCUT2D eigenvalue weighted by Gasteiger charge is -2.17. The van der Waals surface area contributed by atoms with Crippen molar-refractivity contribution >= 4 is 5.97 Å². The quantitative estimate of drug-likeness (QED) is 0.598. The summed E-state index contributed by atoms with van der Waals surface area (Å²) in [4.78, 5) is 20.6. The van der Waals surface area contributed by atoms with Gasteiger partial charge in [-0.3, -0.25) is 4.79 Å². The molecule has 0 aromatic rings. The fraction of sp³-hybridized carbons (Fsp3) is 0.875. The van der Waals surface area contributed by atoms with E-state index in [1.807, 2.05) is 0 Å². The van der Waals surface area contributed by atoms with Crippen LogP contribution in [-0.2, 0) is 14.6 Å². The molecule has 0 radical (unpaired) electrons. The number of hydrogen-bond donors (Lipinski definition) is 1. The van der Waals surface area contributed by atoms with Crippen LogP contribution in [0, 0.1) is 5.92 Å². The van der Waals surface area contributed by atoms with E-state index < -0.39 is 5.97 Å². The van der Waals surface area contributed by atoms with Gasteiger partial charge in [-0.1, -0.05) is 0 Å². The summed E-state index contributed by atoms with van der Waals surface area (Å²) in [5.41, 5.74) is -0.261. The summed E-state index contributed by atoms with van der Waals surface area (Å²) in [5, 5.41) is 8.76. The normalized spacial score (nSPS) is 40.8. The second-order valence-electron chi connectivity index (χ2n) is 3.62. The molecule has 0 amide bonds. The Balaban J connectivity index is 2.01. The molecule has 2 unspecified atom stereocenters. The van der Waals surface area contributed by atoms with Gasteiger partial charge in [0.15, 0.2) is 0 Å². The molecule has 1 aliphatic heterocycles. The van der Waals surface area contributed by atoms with E-state index in [0.717, 1.165) is 19.3 Å². The van der Waals surface area contributed by atoms with Gasteiger partial charge >= 0.3 is 5.97 Å². The molecule has 1 saturated carbocycles. The lowest BCUT2D eigenvalue weighted by Crippen LogP contribution is -2.24. The van der Waals surface area contributed by atoms with Crippen molar-refractivity contribution in [1.82, 2.24) is 0 Å². The van der Waals surface area contributed by atoms with Crippen molar-refractivity contribution in [2.45, 2.75) is 31.3 Å². The Kier molecular flexibility index (Phi) is 1.81. The molecule has 2 rings (SSSR count). The summed E-state index contributed by atoms with van der Waals surface area (Å²) in [6.07, 6.45) is 3.00. The summed E-state index contributed by atoms with van der Waals surface area (Å²) >= 11 is 0. The molecule has 1 N–H and O–H groups in total. The minimum absolute atomic E-state index is 0.230. The van der Waals surface area contributed by atoms with Gasteiger partial charge in [-0.25, -0.2) is 9.78 Å². The molecular formula is C8H12O4. The highest BCUT2D eigenvalue weighted by atomic mass is 17.2. The lowest BCUT2D eigenvalue weighted by molar-refractivity contribution is -0.307. The van der Waals surface area contributed by atoms with Crippen molar-refractivity contribution in [3.63, 3.8) is 0 Å². The fourth-order valence-corrected chi connectivity index (χ4v) is 2.04. The van der Waals surface area contributed by atoms with E-state index in [0.29, 0.717) is 13.0 Å². The fourth-order valence-electron chi connectivity index (χ4n) is 2.04. The molecule has 2 aliphatic rings. The molecule has 1 saturated heterocycles. The molecule has 0 aromatic heterocycles. The van der Waals surface area contributed by atoms with Crippen LogP contribution in [0.4, 0.5) is 0 Å². The number of carbonyl (C=O) groups is 1. The van der Waals surface area contributed by atoms with E-state index in [4.69, 9.17) is 14.9 Å². The molecule has 4 nitrogen and oxygen atoms in total. The van der Waals surface area contributed by atoms with Crippen LogP contribution in [-0.4, -0.2) is 23.3 Å². The third-order valence-electron chi connectivity index (χ3n) is 2.79. The Labute approximate surface area is 70.4 Å². The van der Waals surface area contributed by atoms with Crippen molar-refractivity contribution in [2.24, 2.45) is 5.92 Å². The molecule has 0 bridgehead atoms. The lowest BCUT2D eigenvalue weighted by atomic mass is 9.97. The van der Waals surface area contributed by atoms with Crippen LogP contribution >= 0.6 is 0 Å². The van der Waals surface area contributed by atoms with Crippen LogP contribution < -0.4 is 0 Å². The number of carboxylic acid groups (broad SMARTS) is 1. The SMILES string of the molecule is O=C(O)C1CCC2(CCOO2)C1. The summed E-state index contributed by atoms with van der Waals surface area (Å²) in [5.74, 6) is -0.936. The summed E-state index contributed by atoms with van der Waals surface area (Å²) < 4.78 is 0. The largest absolute Gasteiger partial charge is 0.481 e. The third kappa shape index (κ3) is 1.21. The standard InChI is InChI=1S/C8H12O4/c9-7(10)6-1-2-8(5-6)3-4-11-12-8/h6H,1-5H2,(H,9,10). The highest BCUT2D eigenvalue weighted by molar-refractivity contribution is 5.70. The summed E-state index contributed by atoms with van der Waals surface area (Å²) in [6.45, 7) is 0.604. The molecule has 1 aliphatic carbocycles. The first-order valence-electron chi connectivity index (χ1n) is 4.25. The highest BCUT2D eigenvalue weighted by Crippen LogP contribution is 2.42. The number of rotatable bonds is 1. The Morgan fingerprint density at radius 1 is 1.50 bits per heavy atom. The maximum Gasteiger partial charge on any atom is 0.306 e. The van der Waals surface area contributed by atoms with Crippen molar-refractivity contribution in [2.75, 3.05) is 6.61 Å². The zero-order valence-electron chi connectivity index (χ0n) is 6.78. The molecule has 2 atom stereocenters. The average molecular weight is 172 g/mol. The molecule has 0 aromatic carbocycles. The van der Waals surface area contributed by atoms with Gasteiger partial charge in [0.2, 0.25) is 0 Å². The minimum atomic E-state index is -0.706. The Morgan fingerprint density at radius 3 is 2.83 bits per heavy atom. The first-order valence-corrected chi connectivity index (χ1v) is 4.25. The number of hydrogen-bond acceptors (Lipinski definition) is 3. The van der Waals surface area contributed by atoms with Gasteiger partial charge in [-0.2, -0.15) is 0 Å². The maximum absolute atomic E-state index is 10.6. The molecule has 68 valence electrons. The second kappa shape index (κ2) is 2.71. The first-order chi connectivity index (χ1) is 5.72. The molecule has 1 spiro atoms. The zero-order valence-corrected chi connectivity index (χ0v) is 6.78. The Hall–Kier alpha value is -0.610. The Morgan fingerprint density at radius 2 is 2.33 bits per heavy atom. The topological polar surface area (TPSA) is 55.8 Å². The van der Waals surface area contributed by atoms with Crippen LogP contribution in [0.3, 0.4) is 0 Å². The maximum atomic E-state index is 10.6. The molecule has 4 heteroatoms. The monoisotopic (exact) mass is 172 g/mol. The van der Waals surface area contributed by atoms with Gasteiger partial charge in [0.25, 0.3) is 0 Å². The molecular weight excluding hydrogens is 160 g/mol. The molecule has 2 fully saturated rings.